The van der Waals surface area contributed by atoms with E-state index in [0.29, 0.717) is 5.69 Å². The smallest absolute Gasteiger partial charge is 0.255 e. The lowest BCUT2D eigenvalue weighted by atomic mass is 10.0. The van der Waals surface area contributed by atoms with Gasteiger partial charge in [0.15, 0.2) is 0 Å². The van der Waals surface area contributed by atoms with Gasteiger partial charge in [-0.05, 0) is 44.5 Å². The topological polar surface area (TPSA) is 177 Å². The number of aliphatic hydroxyl groups is 1. The molecule has 3 atom stereocenters. The van der Waals surface area contributed by atoms with Crippen LogP contribution in [0.5, 0.6) is 5.75 Å². The lowest BCUT2D eigenvalue weighted by Crippen LogP contribution is -2.62. The van der Waals surface area contributed by atoms with Crippen molar-refractivity contribution < 1.29 is 29.0 Å². The number of hydrogen-bond acceptors (Lipinski definition) is 8. The molecule has 1 aliphatic rings. The van der Waals surface area contributed by atoms with Crippen molar-refractivity contribution in [2.24, 2.45) is 0 Å². The van der Waals surface area contributed by atoms with Gasteiger partial charge in [0.2, 0.25) is 17.7 Å². The highest BCUT2D eigenvalue weighted by Gasteiger charge is 2.36. The maximum absolute atomic E-state index is 13.4. The van der Waals surface area contributed by atoms with E-state index in [-0.39, 0.29) is 42.5 Å². The van der Waals surface area contributed by atoms with Crippen LogP contribution in [0.4, 0.5) is 0 Å². The maximum Gasteiger partial charge on any atom is 0.255 e. The zero-order valence-electron chi connectivity index (χ0n) is 24.0. The molecule has 2 bridgehead atoms. The van der Waals surface area contributed by atoms with Crippen molar-refractivity contribution in [3.63, 3.8) is 0 Å². The molecule has 0 fully saturated rings. The first kappa shape index (κ1) is 31.4. The number of carbonyl (C=O) groups is 4. The second kappa shape index (κ2) is 13.7. The zero-order chi connectivity index (χ0) is 31.1. The Labute approximate surface area is 253 Å². The van der Waals surface area contributed by atoms with Crippen molar-refractivity contribution in [1.82, 2.24) is 36.3 Å². The molecule has 13 nitrogen and oxygen atoms in total. The third-order valence-electron chi connectivity index (χ3n) is 6.75. The third kappa shape index (κ3) is 8.30. The van der Waals surface area contributed by atoms with Gasteiger partial charge in [-0.15, -0.1) is 5.10 Å². The second-order valence-electron chi connectivity index (χ2n) is 10.7. The average Bonchev–Trinajstić information content (AvgIpc) is 3.42. The van der Waals surface area contributed by atoms with Crippen LogP contribution in [0, 0.1) is 0 Å². The van der Waals surface area contributed by atoms with Gasteiger partial charge in [0, 0.05) is 11.4 Å². The lowest BCUT2D eigenvalue weighted by molar-refractivity contribution is -0.136. The summed E-state index contributed by atoms with van der Waals surface area (Å²) in [6.45, 7) is 4.67. The Morgan fingerprint density at radius 1 is 1.09 bits per heavy atom. The van der Waals surface area contributed by atoms with Crippen molar-refractivity contribution in [2.45, 2.75) is 64.0 Å². The Morgan fingerprint density at radius 3 is 2.56 bits per heavy atom. The largest absolute Gasteiger partial charge is 0.491 e. The van der Waals surface area contributed by atoms with Crippen LogP contribution in [-0.2, 0) is 33.9 Å². The Bertz CT molecular complexity index is 1480. The van der Waals surface area contributed by atoms with E-state index in [4.69, 9.17) is 16.3 Å². The van der Waals surface area contributed by atoms with E-state index in [2.05, 4.69) is 31.6 Å². The predicted molar refractivity (Wildman–Crippen MR) is 156 cm³/mol. The molecular formula is C29H34ClN7O6. The van der Waals surface area contributed by atoms with Crippen molar-refractivity contribution in [2.75, 3.05) is 6.61 Å². The molecule has 4 rings (SSSR count). The molecule has 0 unspecified atom stereocenters. The molecule has 43 heavy (non-hydrogen) atoms. The molecule has 3 aromatic rings. The number of fused-ring (bicyclic) bond motifs is 3. The SMILES string of the molecule is C[C@@H](O)[C@@H]1NC(=O)C(C)(C)NC(=O)c2cc(Cl)ccc2OCCn2cc(nn2)CNC(=O)[C@@H](Cc2ccccc2)NC1=O. The first-order chi connectivity index (χ1) is 20.4. The first-order valence-electron chi connectivity index (χ1n) is 13.7. The fourth-order valence-corrected chi connectivity index (χ4v) is 4.51. The highest BCUT2D eigenvalue weighted by atomic mass is 35.5. The van der Waals surface area contributed by atoms with E-state index in [1.54, 1.807) is 12.3 Å². The summed E-state index contributed by atoms with van der Waals surface area (Å²) in [5.41, 5.74) is -0.193. The van der Waals surface area contributed by atoms with Gasteiger partial charge in [-0.25, -0.2) is 4.68 Å². The van der Waals surface area contributed by atoms with E-state index >= 15 is 0 Å². The standard InChI is InChI=1S/C29H34ClN7O6/c1-17(38)24-27(41)32-22(13-18-7-5-4-6-8-18)26(40)31-15-20-16-37(36-35-20)11-12-43-23-10-9-19(30)14-21(23)25(39)34-29(2,3)28(42)33-24/h4-10,14,16-17,22,24,38H,11-13,15H2,1-3H3,(H,31,40)(H,32,41)(H,33,42)(H,34,39)/t17-,22-,24+/m1/s1. The van der Waals surface area contributed by atoms with E-state index in [9.17, 15) is 24.3 Å². The summed E-state index contributed by atoms with van der Waals surface area (Å²) in [7, 11) is 0. The number of benzene rings is 2. The minimum atomic E-state index is -1.54. The molecule has 14 heteroatoms. The fourth-order valence-electron chi connectivity index (χ4n) is 4.34. The number of halogens is 1. The molecule has 0 radical (unpaired) electrons. The molecule has 0 saturated carbocycles. The van der Waals surface area contributed by atoms with E-state index in [0.717, 1.165) is 5.56 Å². The molecule has 2 aromatic carbocycles. The minimum Gasteiger partial charge on any atom is -0.491 e. The summed E-state index contributed by atoms with van der Waals surface area (Å²) < 4.78 is 7.37. The van der Waals surface area contributed by atoms with Gasteiger partial charge in [0.25, 0.3) is 5.91 Å². The third-order valence-corrected chi connectivity index (χ3v) is 6.99. The van der Waals surface area contributed by atoms with Crippen LogP contribution in [0.2, 0.25) is 5.02 Å². The molecule has 1 aliphatic heterocycles. The molecule has 1 aromatic heterocycles. The average molecular weight is 612 g/mol. The Kier molecular flexibility index (Phi) is 9.99. The van der Waals surface area contributed by atoms with Crippen LogP contribution >= 0.6 is 11.6 Å². The summed E-state index contributed by atoms with van der Waals surface area (Å²) in [6.07, 6.45) is 0.452. The van der Waals surface area contributed by atoms with Crippen molar-refractivity contribution in [3.05, 3.63) is 76.6 Å². The Morgan fingerprint density at radius 2 is 1.84 bits per heavy atom. The quantitative estimate of drug-likeness (QED) is 0.288. The second-order valence-corrected chi connectivity index (χ2v) is 11.1. The summed E-state index contributed by atoms with van der Waals surface area (Å²) >= 11 is 6.15. The molecule has 0 aliphatic carbocycles. The molecule has 2 heterocycles. The van der Waals surface area contributed by atoms with E-state index in [1.165, 1.54) is 37.6 Å². The van der Waals surface area contributed by atoms with Crippen molar-refractivity contribution >= 4 is 35.2 Å². The van der Waals surface area contributed by atoms with E-state index < -0.39 is 47.4 Å². The monoisotopic (exact) mass is 611 g/mol. The van der Waals surface area contributed by atoms with Gasteiger partial charge in [-0.1, -0.05) is 47.1 Å². The number of nitrogens with zero attached hydrogens (tertiary/aromatic N) is 3. The number of carbonyl (C=O) groups excluding carboxylic acids is 4. The van der Waals surface area contributed by atoms with Gasteiger partial charge in [-0.2, -0.15) is 0 Å². The molecule has 0 saturated heterocycles. The van der Waals surface area contributed by atoms with Gasteiger partial charge in [-0.3, -0.25) is 19.2 Å². The van der Waals surface area contributed by atoms with Crippen molar-refractivity contribution in [1.29, 1.82) is 0 Å². The fraction of sp³-hybridized carbons (Fsp3) is 0.379. The maximum atomic E-state index is 13.4. The van der Waals surface area contributed by atoms with Gasteiger partial charge in [0.1, 0.15) is 35.7 Å². The molecule has 4 amide bonds. The minimum absolute atomic E-state index is 0.0348. The predicted octanol–water partition coefficient (Wildman–Crippen LogP) is 0.742. The molecular weight excluding hydrogens is 578 g/mol. The van der Waals surface area contributed by atoms with Crippen LogP contribution in [0.3, 0.4) is 0 Å². The number of aliphatic hydroxyl groups excluding tert-OH is 1. The van der Waals surface area contributed by atoms with E-state index in [1.807, 2.05) is 30.3 Å². The zero-order valence-corrected chi connectivity index (χ0v) is 24.7. The number of aromatic nitrogens is 3. The molecule has 0 spiro atoms. The van der Waals surface area contributed by atoms with Crippen LogP contribution in [0.1, 0.15) is 42.4 Å². The normalized spacial score (nSPS) is 20.8. The van der Waals surface area contributed by atoms with Gasteiger partial charge in [0.05, 0.1) is 31.0 Å². The highest BCUT2D eigenvalue weighted by molar-refractivity contribution is 6.31. The number of nitrogens with one attached hydrogen (secondary N) is 4. The number of hydrogen-bond donors (Lipinski definition) is 5. The van der Waals surface area contributed by atoms with Crippen LogP contribution in [-0.4, -0.2) is 74.1 Å². The van der Waals surface area contributed by atoms with Crippen LogP contribution in [0.25, 0.3) is 0 Å². The summed E-state index contributed by atoms with van der Waals surface area (Å²) in [5.74, 6) is -2.45. The number of rotatable bonds is 3. The number of ether oxygens (including phenoxy) is 1. The summed E-state index contributed by atoms with van der Waals surface area (Å²) in [6, 6.07) is 11.1. The molecule has 228 valence electrons. The first-order valence-corrected chi connectivity index (χ1v) is 14.1. The Balaban J connectivity index is 1.65. The van der Waals surface area contributed by atoms with Crippen molar-refractivity contribution in [3.8, 4) is 5.75 Å². The summed E-state index contributed by atoms with van der Waals surface area (Å²) in [4.78, 5) is 53.3. The lowest BCUT2D eigenvalue weighted by Gasteiger charge is -2.30. The van der Waals surface area contributed by atoms with Gasteiger partial charge < -0.3 is 31.1 Å². The molecule has 5 N–H and O–H groups in total. The van der Waals surface area contributed by atoms with Gasteiger partial charge >= 0.3 is 0 Å². The van der Waals surface area contributed by atoms with Crippen LogP contribution in [0.15, 0.2) is 54.7 Å². The summed E-state index contributed by atoms with van der Waals surface area (Å²) in [5, 5.41) is 29.4. The number of amides is 4. The van der Waals surface area contributed by atoms with Crippen LogP contribution < -0.4 is 26.0 Å². The Hall–Kier alpha value is -4.49. The highest BCUT2D eigenvalue weighted by Crippen LogP contribution is 2.24.